The first-order valence-electron chi connectivity index (χ1n) is 9.35. The number of carbonyl (C=O) groups excluding carboxylic acids is 2. The van der Waals surface area contributed by atoms with Crippen molar-refractivity contribution in [2.45, 2.75) is 19.3 Å². The molecule has 0 spiro atoms. The number of allylic oxidation sites excluding steroid dienone is 1. The van der Waals surface area contributed by atoms with E-state index in [9.17, 15) is 14.9 Å². The molecule has 0 radical (unpaired) electrons. The summed E-state index contributed by atoms with van der Waals surface area (Å²) >= 11 is 4.50. The number of nitrogens with zero attached hydrogens (tertiary/aromatic N) is 1. The molecule has 8 heteroatoms. The molecule has 6 nitrogen and oxygen atoms in total. The molecule has 3 rings (SSSR count). The summed E-state index contributed by atoms with van der Waals surface area (Å²) in [5.74, 6) is 0.0697. The Morgan fingerprint density at radius 2 is 1.97 bits per heavy atom. The Bertz CT molecular complexity index is 998. The number of carbonyl (C=O) groups is 2. The Morgan fingerprint density at radius 1 is 1.27 bits per heavy atom. The number of benzene rings is 2. The van der Waals surface area contributed by atoms with Crippen LogP contribution in [0.25, 0.3) is 0 Å². The van der Waals surface area contributed by atoms with Gasteiger partial charge < -0.3 is 15.4 Å². The minimum Gasteiger partial charge on any atom is -0.494 e. The minimum atomic E-state index is -0.350. The fraction of sp³-hybridized carbons (Fsp3) is 0.227. The normalized spacial score (nSPS) is 15.9. The van der Waals surface area contributed by atoms with Gasteiger partial charge in [0.05, 0.1) is 29.0 Å². The topological polar surface area (TPSA) is 91.2 Å². The Labute approximate surface area is 187 Å². The lowest BCUT2D eigenvalue weighted by Crippen LogP contribution is -2.31. The van der Waals surface area contributed by atoms with Crippen LogP contribution in [-0.4, -0.2) is 24.2 Å². The van der Waals surface area contributed by atoms with E-state index in [-0.39, 0.29) is 29.9 Å². The van der Waals surface area contributed by atoms with Crippen LogP contribution in [0.1, 0.15) is 24.8 Å². The van der Waals surface area contributed by atoms with Gasteiger partial charge in [0.1, 0.15) is 5.75 Å². The predicted octanol–water partition coefficient (Wildman–Crippen LogP) is 4.56. The van der Waals surface area contributed by atoms with E-state index in [4.69, 9.17) is 4.74 Å². The zero-order valence-electron chi connectivity index (χ0n) is 16.3. The first-order valence-corrected chi connectivity index (χ1v) is 11.1. The number of hydrogen-bond acceptors (Lipinski definition) is 5. The van der Waals surface area contributed by atoms with Crippen LogP contribution < -0.4 is 15.4 Å². The summed E-state index contributed by atoms with van der Waals surface area (Å²) in [7, 11) is 0. The molecule has 1 aliphatic rings. The van der Waals surface area contributed by atoms with Crippen molar-refractivity contribution in [2.24, 2.45) is 0 Å². The van der Waals surface area contributed by atoms with Crippen molar-refractivity contribution in [3.8, 4) is 11.8 Å². The molecular weight excluding hydrogens is 466 g/mol. The summed E-state index contributed by atoms with van der Waals surface area (Å²) < 4.78 is 6.38. The SMILES string of the molecule is CCOc1ccc([C@H]2CC(=O)NC(SCC(=O)Nc3ccc(Br)cc3)=C2C#N)cc1. The Morgan fingerprint density at radius 3 is 2.60 bits per heavy atom. The second-order valence-electron chi connectivity index (χ2n) is 6.51. The summed E-state index contributed by atoms with van der Waals surface area (Å²) in [5, 5.41) is 15.7. The Balaban J connectivity index is 1.72. The number of nitrogens with one attached hydrogen (secondary N) is 2. The van der Waals surface area contributed by atoms with E-state index in [1.807, 2.05) is 43.3 Å². The lowest BCUT2D eigenvalue weighted by Gasteiger charge is -2.25. The van der Waals surface area contributed by atoms with Gasteiger partial charge in [-0.3, -0.25) is 9.59 Å². The van der Waals surface area contributed by atoms with Crippen LogP contribution >= 0.6 is 27.7 Å². The lowest BCUT2D eigenvalue weighted by molar-refractivity contribution is -0.121. The molecular formula is C22H20BrN3O3S. The molecule has 0 unspecified atom stereocenters. The standard InChI is InChI=1S/C22H20BrN3O3S/c1-2-29-17-9-3-14(4-10-17)18-11-20(27)26-22(19(18)12-24)30-13-21(28)25-16-7-5-15(23)6-8-16/h3-10,18H,2,11,13H2,1H3,(H,25,28)(H,26,27)/t18-/m1/s1. The quantitative estimate of drug-likeness (QED) is 0.599. The van der Waals surface area contributed by atoms with Gasteiger partial charge in [0.15, 0.2) is 0 Å². The largest absolute Gasteiger partial charge is 0.494 e. The van der Waals surface area contributed by atoms with Crippen LogP contribution in [0, 0.1) is 11.3 Å². The van der Waals surface area contributed by atoms with Gasteiger partial charge in [0, 0.05) is 22.5 Å². The van der Waals surface area contributed by atoms with Crippen LogP contribution in [0.2, 0.25) is 0 Å². The van der Waals surface area contributed by atoms with Gasteiger partial charge in [-0.15, -0.1) is 0 Å². The molecule has 2 amide bonds. The highest BCUT2D eigenvalue weighted by Crippen LogP contribution is 2.36. The lowest BCUT2D eigenvalue weighted by atomic mass is 9.87. The van der Waals surface area contributed by atoms with Gasteiger partial charge in [0.2, 0.25) is 11.8 Å². The molecule has 1 atom stereocenters. The highest BCUT2D eigenvalue weighted by atomic mass is 79.9. The van der Waals surface area contributed by atoms with Crippen molar-refractivity contribution in [3.63, 3.8) is 0 Å². The zero-order valence-corrected chi connectivity index (χ0v) is 18.7. The molecule has 0 aliphatic carbocycles. The number of halogens is 1. The third-order valence-electron chi connectivity index (χ3n) is 4.43. The van der Waals surface area contributed by atoms with Crippen molar-refractivity contribution in [1.82, 2.24) is 5.32 Å². The van der Waals surface area contributed by atoms with E-state index in [0.29, 0.717) is 22.9 Å². The first-order chi connectivity index (χ1) is 14.5. The van der Waals surface area contributed by atoms with Crippen molar-refractivity contribution < 1.29 is 14.3 Å². The van der Waals surface area contributed by atoms with Gasteiger partial charge in [-0.05, 0) is 48.9 Å². The molecule has 0 fully saturated rings. The monoisotopic (exact) mass is 485 g/mol. The Kier molecular flexibility index (Phi) is 7.55. The molecule has 2 aromatic rings. The van der Waals surface area contributed by atoms with Crippen LogP contribution in [0.4, 0.5) is 5.69 Å². The van der Waals surface area contributed by atoms with Crippen molar-refractivity contribution in [3.05, 3.63) is 69.2 Å². The predicted molar refractivity (Wildman–Crippen MR) is 121 cm³/mol. The third kappa shape index (κ3) is 5.65. The summed E-state index contributed by atoms with van der Waals surface area (Å²) in [6.07, 6.45) is 0.187. The number of nitriles is 1. The average Bonchev–Trinajstić information content (AvgIpc) is 2.74. The number of hydrogen-bond donors (Lipinski definition) is 2. The molecule has 0 aromatic heterocycles. The summed E-state index contributed by atoms with van der Waals surface area (Å²) in [6.45, 7) is 2.48. The van der Waals surface area contributed by atoms with Gasteiger partial charge in [-0.1, -0.05) is 39.8 Å². The smallest absolute Gasteiger partial charge is 0.234 e. The van der Waals surface area contributed by atoms with Crippen LogP contribution in [0.15, 0.2) is 63.6 Å². The van der Waals surface area contributed by atoms with Gasteiger partial charge in [-0.2, -0.15) is 5.26 Å². The molecule has 0 bridgehead atoms. The van der Waals surface area contributed by atoms with E-state index in [1.165, 1.54) is 0 Å². The van der Waals surface area contributed by atoms with Crippen LogP contribution in [-0.2, 0) is 9.59 Å². The van der Waals surface area contributed by atoms with Gasteiger partial charge >= 0.3 is 0 Å². The number of ether oxygens (including phenoxy) is 1. The fourth-order valence-corrected chi connectivity index (χ4v) is 4.19. The molecule has 2 aromatic carbocycles. The fourth-order valence-electron chi connectivity index (χ4n) is 3.05. The molecule has 0 saturated heterocycles. The average molecular weight is 486 g/mol. The zero-order chi connectivity index (χ0) is 21.5. The maximum Gasteiger partial charge on any atom is 0.234 e. The highest BCUT2D eigenvalue weighted by molar-refractivity contribution is 9.10. The van der Waals surface area contributed by atoms with E-state index in [1.54, 1.807) is 12.1 Å². The molecule has 0 saturated carbocycles. The highest BCUT2D eigenvalue weighted by Gasteiger charge is 2.29. The van der Waals surface area contributed by atoms with Crippen LogP contribution in [0.5, 0.6) is 5.75 Å². The Hall–Kier alpha value is -2.76. The van der Waals surface area contributed by atoms with Crippen molar-refractivity contribution >= 4 is 45.2 Å². The molecule has 1 aliphatic heterocycles. The van der Waals surface area contributed by atoms with E-state index >= 15 is 0 Å². The van der Waals surface area contributed by atoms with E-state index in [2.05, 4.69) is 32.6 Å². The molecule has 154 valence electrons. The molecule has 30 heavy (non-hydrogen) atoms. The van der Waals surface area contributed by atoms with E-state index in [0.717, 1.165) is 27.5 Å². The van der Waals surface area contributed by atoms with Gasteiger partial charge in [0.25, 0.3) is 0 Å². The van der Waals surface area contributed by atoms with Crippen molar-refractivity contribution in [1.29, 1.82) is 5.26 Å². The van der Waals surface area contributed by atoms with Crippen molar-refractivity contribution in [2.75, 3.05) is 17.7 Å². The molecule has 2 N–H and O–H groups in total. The van der Waals surface area contributed by atoms with Crippen LogP contribution in [0.3, 0.4) is 0 Å². The maximum atomic E-state index is 12.3. The second-order valence-corrected chi connectivity index (χ2v) is 8.41. The maximum absolute atomic E-state index is 12.3. The summed E-state index contributed by atoms with van der Waals surface area (Å²) in [5.41, 5.74) is 2.00. The first kappa shape index (κ1) is 21.9. The third-order valence-corrected chi connectivity index (χ3v) is 5.97. The number of rotatable bonds is 7. The summed E-state index contributed by atoms with van der Waals surface area (Å²) in [4.78, 5) is 24.5. The number of amides is 2. The summed E-state index contributed by atoms with van der Waals surface area (Å²) in [6, 6.07) is 16.9. The van der Waals surface area contributed by atoms with Gasteiger partial charge in [-0.25, -0.2) is 0 Å². The molecule has 1 heterocycles. The minimum absolute atomic E-state index is 0.0762. The second kappa shape index (κ2) is 10.3. The van der Waals surface area contributed by atoms with E-state index < -0.39 is 0 Å². The number of thioether (sulfide) groups is 1. The number of anilines is 1.